The van der Waals surface area contributed by atoms with Gasteiger partial charge in [0.15, 0.2) is 6.61 Å². The van der Waals surface area contributed by atoms with Crippen molar-refractivity contribution in [3.63, 3.8) is 0 Å². The molecule has 18 heavy (non-hydrogen) atoms. The molecule has 0 aliphatic carbocycles. The Morgan fingerprint density at radius 3 is 2.83 bits per heavy atom. The summed E-state index contributed by atoms with van der Waals surface area (Å²) < 4.78 is 18.9. The number of hydrogen-bond donors (Lipinski definition) is 1. The van der Waals surface area contributed by atoms with Crippen molar-refractivity contribution in [2.45, 2.75) is 0 Å². The van der Waals surface area contributed by atoms with Crippen LogP contribution in [0, 0.1) is 5.82 Å². The van der Waals surface area contributed by atoms with Crippen molar-refractivity contribution >= 4 is 11.6 Å². The Kier molecular flexibility index (Phi) is 2.48. The fourth-order valence-electron chi connectivity index (χ4n) is 1.95. The first-order chi connectivity index (χ1) is 8.74. The lowest BCUT2D eigenvalue weighted by molar-refractivity contribution is -0.118. The van der Waals surface area contributed by atoms with Crippen LogP contribution in [-0.2, 0) is 4.79 Å². The Hall–Kier alpha value is -2.36. The maximum absolute atomic E-state index is 13.7. The fourth-order valence-corrected chi connectivity index (χ4v) is 1.95. The second kappa shape index (κ2) is 4.14. The van der Waals surface area contributed by atoms with Crippen molar-refractivity contribution in [2.24, 2.45) is 0 Å². The van der Waals surface area contributed by atoms with E-state index in [2.05, 4.69) is 5.32 Å². The van der Waals surface area contributed by atoms with E-state index in [0.717, 1.165) is 0 Å². The van der Waals surface area contributed by atoms with E-state index in [4.69, 9.17) is 4.74 Å². The monoisotopic (exact) mass is 243 g/mol. The number of fused-ring (bicyclic) bond motifs is 1. The van der Waals surface area contributed by atoms with E-state index in [9.17, 15) is 9.18 Å². The predicted octanol–water partition coefficient (Wildman–Crippen LogP) is 2.82. The molecule has 90 valence electrons. The summed E-state index contributed by atoms with van der Waals surface area (Å²) in [6, 6.07) is 11.7. The van der Waals surface area contributed by atoms with Gasteiger partial charge in [0.25, 0.3) is 5.91 Å². The molecule has 0 saturated carbocycles. The van der Waals surface area contributed by atoms with Gasteiger partial charge in [-0.05, 0) is 23.8 Å². The van der Waals surface area contributed by atoms with Crippen LogP contribution in [-0.4, -0.2) is 12.5 Å². The van der Waals surface area contributed by atoms with Crippen LogP contribution < -0.4 is 10.1 Å². The number of amides is 1. The van der Waals surface area contributed by atoms with Crippen LogP contribution in [0.25, 0.3) is 11.1 Å². The number of benzene rings is 2. The average molecular weight is 243 g/mol. The lowest BCUT2D eigenvalue weighted by atomic mass is 10.0. The van der Waals surface area contributed by atoms with Gasteiger partial charge >= 0.3 is 0 Å². The SMILES string of the molecule is O=C1COc2ccc(-c3ccccc3F)cc2N1. The summed E-state index contributed by atoms with van der Waals surface area (Å²) in [6.45, 7) is 0.0199. The summed E-state index contributed by atoms with van der Waals surface area (Å²) in [4.78, 5) is 11.2. The van der Waals surface area contributed by atoms with Crippen LogP contribution in [0.4, 0.5) is 10.1 Å². The maximum Gasteiger partial charge on any atom is 0.262 e. The molecule has 2 aromatic rings. The molecule has 0 atom stereocenters. The molecule has 1 aliphatic heterocycles. The van der Waals surface area contributed by atoms with Crippen molar-refractivity contribution in [2.75, 3.05) is 11.9 Å². The zero-order valence-corrected chi connectivity index (χ0v) is 9.44. The molecule has 0 fully saturated rings. The van der Waals surface area contributed by atoms with E-state index in [1.165, 1.54) is 6.07 Å². The highest BCUT2D eigenvalue weighted by Crippen LogP contribution is 2.33. The molecule has 0 unspecified atom stereocenters. The second-order valence-electron chi connectivity index (χ2n) is 4.03. The Balaban J connectivity index is 2.07. The Morgan fingerprint density at radius 1 is 1.17 bits per heavy atom. The molecule has 4 heteroatoms. The van der Waals surface area contributed by atoms with Crippen molar-refractivity contribution in [1.82, 2.24) is 0 Å². The molecular weight excluding hydrogens is 233 g/mol. The molecule has 0 aromatic heterocycles. The number of anilines is 1. The number of carbonyl (C=O) groups is 1. The quantitative estimate of drug-likeness (QED) is 0.836. The highest BCUT2D eigenvalue weighted by Gasteiger charge is 2.16. The molecular formula is C14H10FNO2. The van der Waals surface area contributed by atoms with Gasteiger partial charge < -0.3 is 10.1 Å². The van der Waals surface area contributed by atoms with Crippen molar-refractivity contribution in [1.29, 1.82) is 0 Å². The molecule has 1 amide bonds. The molecule has 3 nitrogen and oxygen atoms in total. The number of hydrogen-bond acceptors (Lipinski definition) is 2. The Morgan fingerprint density at radius 2 is 2.00 bits per heavy atom. The molecule has 3 rings (SSSR count). The number of halogens is 1. The van der Waals surface area contributed by atoms with Gasteiger partial charge in [-0.25, -0.2) is 4.39 Å². The van der Waals surface area contributed by atoms with Gasteiger partial charge in [-0.15, -0.1) is 0 Å². The minimum atomic E-state index is -0.291. The van der Waals surface area contributed by atoms with Gasteiger partial charge in [-0.3, -0.25) is 4.79 Å². The maximum atomic E-state index is 13.7. The van der Waals surface area contributed by atoms with Gasteiger partial charge in [0.2, 0.25) is 0 Å². The third kappa shape index (κ3) is 1.82. The van der Waals surface area contributed by atoms with E-state index < -0.39 is 0 Å². The zero-order chi connectivity index (χ0) is 12.5. The first-order valence-corrected chi connectivity index (χ1v) is 5.55. The first-order valence-electron chi connectivity index (χ1n) is 5.55. The first kappa shape index (κ1) is 10.8. The normalized spacial score (nSPS) is 13.5. The molecule has 1 N–H and O–H groups in total. The van der Waals surface area contributed by atoms with Crippen molar-refractivity contribution < 1.29 is 13.9 Å². The zero-order valence-electron chi connectivity index (χ0n) is 9.44. The highest BCUT2D eigenvalue weighted by atomic mass is 19.1. The summed E-state index contributed by atoms with van der Waals surface area (Å²) in [5.41, 5.74) is 1.78. The van der Waals surface area contributed by atoms with E-state index in [-0.39, 0.29) is 18.3 Å². The average Bonchev–Trinajstić information content (AvgIpc) is 2.38. The molecule has 1 aliphatic rings. The second-order valence-corrected chi connectivity index (χ2v) is 4.03. The van der Waals surface area contributed by atoms with Crippen LogP contribution in [0.1, 0.15) is 0 Å². The molecule has 0 radical (unpaired) electrons. The number of carbonyl (C=O) groups excluding carboxylic acids is 1. The van der Waals surface area contributed by atoms with Crippen LogP contribution in [0.5, 0.6) is 5.75 Å². The van der Waals surface area contributed by atoms with Gasteiger partial charge in [0.1, 0.15) is 11.6 Å². The summed E-state index contributed by atoms with van der Waals surface area (Å²) in [6.07, 6.45) is 0. The third-order valence-electron chi connectivity index (χ3n) is 2.80. The summed E-state index contributed by atoms with van der Waals surface area (Å²) >= 11 is 0. The summed E-state index contributed by atoms with van der Waals surface area (Å²) in [7, 11) is 0. The predicted molar refractivity (Wildman–Crippen MR) is 66.0 cm³/mol. The molecule has 0 bridgehead atoms. The fraction of sp³-hybridized carbons (Fsp3) is 0.0714. The number of ether oxygens (including phenoxy) is 1. The number of nitrogens with one attached hydrogen (secondary N) is 1. The lowest BCUT2D eigenvalue weighted by Crippen LogP contribution is -2.25. The van der Waals surface area contributed by atoms with E-state index in [1.54, 1.807) is 36.4 Å². The highest BCUT2D eigenvalue weighted by molar-refractivity contribution is 5.96. The standard InChI is InChI=1S/C14H10FNO2/c15-11-4-2-1-3-10(11)9-5-6-13-12(7-9)16-14(17)8-18-13/h1-7H,8H2,(H,16,17). The smallest absolute Gasteiger partial charge is 0.262 e. The Labute approximate surface area is 103 Å². The van der Waals surface area contributed by atoms with Gasteiger partial charge in [0.05, 0.1) is 5.69 Å². The van der Waals surface area contributed by atoms with Crippen molar-refractivity contribution in [3.05, 3.63) is 48.3 Å². The minimum absolute atomic E-state index is 0.0199. The largest absolute Gasteiger partial charge is 0.482 e. The number of rotatable bonds is 1. The van der Waals surface area contributed by atoms with E-state index >= 15 is 0 Å². The van der Waals surface area contributed by atoms with Crippen LogP contribution >= 0.6 is 0 Å². The molecule has 1 heterocycles. The van der Waals surface area contributed by atoms with Gasteiger partial charge in [-0.1, -0.05) is 24.3 Å². The lowest BCUT2D eigenvalue weighted by Gasteiger charge is -2.18. The van der Waals surface area contributed by atoms with Crippen LogP contribution in [0.3, 0.4) is 0 Å². The van der Waals surface area contributed by atoms with E-state index in [1.807, 2.05) is 0 Å². The summed E-state index contributed by atoms with van der Waals surface area (Å²) in [5.74, 6) is 0.114. The van der Waals surface area contributed by atoms with Crippen LogP contribution in [0.15, 0.2) is 42.5 Å². The molecule has 0 spiro atoms. The molecule has 0 saturated heterocycles. The van der Waals surface area contributed by atoms with Crippen LogP contribution in [0.2, 0.25) is 0 Å². The summed E-state index contributed by atoms with van der Waals surface area (Å²) in [5, 5.41) is 2.70. The third-order valence-corrected chi connectivity index (χ3v) is 2.80. The topological polar surface area (TPSA) is 38.3 Å². The Bertz CT molecular complexity index is 625. The van der Waals surface area contributed by atoms with Gasteiger partial charge in [-0.2, -0.15) is 0 Å². The molecule has 2 aromatic carbocycles. The van der Waals surface area contributed by atoms with Crippen molar-refractivity contribution in [3.8, 4) is 16.9 Å². The van der Waals surface area contributed by atoms with E-state index in [0.29, 0.717) is 22.6 Å². The van der Waals surface area contributed by atoms with Gasteiger partial charge in [0, 0.05) is 5.56 Å². The minimum Gasteiger partial charge on any atom is -0.482 e.